The fourth-order valence-electron chi connectivity index (χ4n) is 1.98. The van der Waals surface area contributed by atoms with E-state index in [0.29, 0.717) is 0 Å². The Labute approximate surface area is 94.3 Å². The number of hydrogen-bond acceptors (Lipinski definition) is 1. The zero-order valence-corrected chi connectivity index (χ0v) is 10.7. The molecule has 0 aliphatic rings. The van der Waals surface area contributed by atoms with E-state index in [-0.39, 0.29) is 12.0 Å². The maximum atomic E-state index is 12.0. The van der Waals surface area contributed by atoms with Crippen LogP contribution in [0, 0.1) is 5.41 Å². The molecule has 0 saturated heterocycles. The second kappa shape index (κ2) is 9.14. The maximum Gasteiger partial charge on any atom is 0.0929 e. The van der Waals surface area contributed by atoms with Crippen LogP contribution in [-0.4, -0.2) is 6.61 Å². The van der Waals surface area contributed by atoms with E-state index < -0.39 is 0 Å². The minimum Gasteiger partial charge on any atom is -0.194 e. The average Bonchev–Trinajstić information content (AvgIpc) is 2.22. The summed E-state index contributed by atoms with van der Waals surface area (Å²) in [6, 6.07) is 0. The van der Waals surface area contributed by atoms with Crippen molar-refractivity contribution in [3.8, 4) is 0 Å². The topological polar surface area (TPSA) is 9.23 Å². The first kappa shape index (κ1) is 14.9. The molecule has 0 N–H and O–H groups in total. The van der Waals surface area contributed by atoms with Crippen molar-refractivity contribution in [1.29, 1.82) is 0 Å². The first-order chi connectivity index (χ1) is 7.18. The summed E-state index contributed by atoms with van der Waals surface area (Å²) in [5, 5.41) is 0. The van der Waals surface area contributed by atoms with Gasteiger partial charge in [-0.1, -0.05) is 59.3 Å². The second-order valence-electron chi connectivity index (χ2n) is 4.98. The Bertz CT molecular complexity index is 138. The molecule has 0 radical (unpaired) electrons. The van der Waals surface area contributed by atoms with Crippen LogP contribution in [0.5, 0.6) is 0 Å². The molecule has 1 atom stereocenters. The maximum absolute atomic E-state index is 12.0. The van der Waals surface area contributed by atoms with Gasteiger partial charge in [0.25, 0.3) is 0 Å². The fourth-order valence-corrected chi connectivity index (χ4v) is 1.98. The Morgan fingerprint density at radius 2 is 1.53 bits per heavy atom. The van der Waals surface area contributed by atoms with Crippen LogP contribution in [0.2, 0.25) is 0 Å². The Hall–Kier alpha value is -0.110. The van der Waals surface area contributed by atoms with Gasteiger partial charge in [-0.25, -0.2) is 0 Å². The van der Waals surface area contributed by atoms with Gasteiger partial charge in [-0.15, -0.1) is 0 Å². The highest BCUT2D eigenvalue weighted by atomic mass is 19.3. The predicted molar refractivity (Wildman–Crippen MR) is 63.5 cm³/mol. The Morgan fingerprint density at radius 3 is 2.07 bits per heavy atom. The number of hydrogen-bond donors (Lipinski definition) is 0. The molecule has 2 heteroatoms. The molecule has 1 nitrogen and oxygen atoms in total. The standard InChI is InChI=1S/C13H27FO/c1-4-6-8-9-11-13(3,12-15-14)10-7-5-2/h4-12H2,1-3H3. The summed E-state index contributed by atoms with van der Waals surface area (Å²) in [6.45, 7) is 6.79. The number of halogens is 1. The molecular formula is C13H27FO. The molecule has 1 unspecified atom stereocenters. The zero-order chi connectivity index (χ0) is 11.6. The van der Waals surface area contributed by atoms with Crippen molar-refractivity contribution >= 4 is 0 Å². The minimum absolute atomic E-state index is 0.0541. The highest BCUT2D eigenvalue weighted by molar-refractivity contribution is 4.73. The van der Waals surface area contributed by atoms with E-state index in [1.54, 1.807) is 0 Å². The number of rotatable bonds is 10. The van der Waals surface area contributed by atoms with Gasteiger partial charge in [-0.2, -0.15) is 4.94 Å². The van der Waals surface area contributed by atoms with Gasteiger partial charge in [0.15, 0.2) is 0 Å². The average molecular weight is 218 g/mol. The van der Waals surface area contributed by atoms with Gasteiger partial charge in [0, 0.05) is 0 Å². The number of unbranched alkanes of at least 4 members (excludes halogenated alkanes) is 4. The van der Waals surface area contributed by atoms with Gasteiger partial charge in [-0.05, 0) is 22.8 Å². The molecule has 0 amide bonds. The minimum atomic E-state index is 0.0541. The first-order valence-electron chi connectivity index (χ1n) is 6.42. The monoisotopic (exact) mass is 218 g/mol. The van der Waals surface area contributed by atoms with Gasteiger partial charge in [0.1, 0.15) is 0 Å². The van der Waals surface area contributed by atoms with Crippen LogP contribution in [0.1, 0.15) is 72.1 Å². The first-order valence-corrected chi connectivity index (χ1v) is 6.42. The van der Waals surface area contributed by atoms with E-state index >= 15 is 0 Å². The van der Waals surface area contributed by atoms with Crippen molar-refractivity contribution in [3.05, 3.63) is 0 Å². The summed E-state index contributed by atoms with van der Waals surface area (Å²) in [4.78, 5) is 3.86. The zero-order valence-electron chi connectivity index (χ0n) is 10.7. The van der Waals surface area contributed by atoms with Crippen molar-refractivity contribution < 1.29 is 9.47 Å². The summed E-state index contributed by atoms with van der Waals surface area (Å²) in [5.41, 5.74) is 0.0541. The van der Waals surface area contributed by atoms with Crippen molar-refractivity contribution in [3.63, 3.8) is 0 Å². The van der Waals surface area contributed by atoms with Crippen LogP contribution in [0.25, 0.3) is 0 Å². The lowest BCUT2D eigenvalue weighted by molar-refractivity contribution is -0.164. The van der Waals surface area contributed by atoms with E-state index in [9.17, 15) is 4.53 Å². The van der Waals surface area contributed by atoms with Crippen LogP contribution in [0.4, 0.5) is 4.53 Å². The Morgan fingerprint density at radius 1 is 0.933 bits per heavy atom. The van der Waals surface area contributed by atoms with Crippen LogP contribution in [0.15, 0.2) is 0 Å². The molecule has 0 bridgehead atoms. The summed E-state index contributed by atoms with van der Waals surface area (Å²) in [5.74, 6) is 0. The van der Waals surface area contributed by atoms with Crippen LogP contribution in [-0.2, 0) is 4.94 Å². The molecule has 0 heterocycles. The fraction of sp³-hybridized carbons (Fsp3) is 1.00. The van der Waals surface area contributed by atoms with Crippen LogP contribution in [0.3, 0.4) is 0 Å². The van der Waals surface area contributed by atoms with Gasteiger partial charge >= 0.3 is 0 Å². The largest absolute Gasteiger partial charge is 0.194 e. The highest BCUT2D eigenvalue weighted by Crippen LogP contribution is 2.31. The highest BCUT2D eigenvalue weighted by Gasteiger charge is 2.23. The van der Waals surface area contributed by atoms with E-state index in [1.807, 2.05) is 0 Å². The lowest BCUT2D eigenvalue weighted by atomic mass is 9.81. The van der Waals surface area contributed by atoms with Gasteiger partial charge < -0.3 is 0 Å². The van der Waals surface area contributed by atoms with Gasteiger partial charge in [0.2, 0.25) is 0 Å². The van der Waals surface area contributed by atoms with Crippen molar-refractivity contribution in [2.24, 2.45) is 5.41 Å². The quantitative estimate of drug-likeness (QED) is 0.466. The molecule has 15 heavy (non-hydrogen) atoms. The van der Waals surface area contributed by atoms with Crippen LogP contribution < -0.4 is 0 Å². The summed E-state index contributed by atoms with van der Waals surface area (Å²) in [7, 11) is 0. The molecule has 0 rings (SSSR count). The molecule has 0 spiro atoms. The van der Waals surface area contributed by atoms with Gasteiger partial charge in [-0.3, -0.25) is 0 Å². The third kappa shape index (κ3) is 7.78. The van der Waals surface area contributed by atoms with Crippen molar-refractivity contribution in [2.45, 2.75) is 72.1 Å². The molecule has 0 aromatic rings. The molecule has 0 aromatic carbocycles. The lowest BCUT2D eigenvalue weighted by Gasteiger charge is -2.27. The Kier molecular flexibility index (Phi) is 9.07. The molecule has 92 valence electrons. The molecule has 0 fully saturated rings. The lowest BCUT2D eigenvalue weighted by Crippen LogP contribution is -2.22. The molecule has 0 aliphatic carbocycles. The van der Waals surface area contributed by atoms with E-state index in [4.69, 9.17) is 0 Å². The predicted octanol–water partition coefficient (Wildman–Crippen LogP) is 5.05. The third-order valence-electron chi connectivity index (χ3n) is 3.17. The van der Waals surface area contributed by atoms with E-state index in [2.05, 4.69) is 25.7 Å². The summed E-state index contributed by atoms with van der Waals surface area (Å²) in [6.07, 6.45) is 9.55. The smallest absolute Gasteiger partial charge is 0.0929 e. The van der Waals surface area contributed by atoms with Crippen molar-refractivity contribution in [1.82, 2.24) is 0 Å². The molecule has 0 aromatic heterocycles. The normalized spacial score (nSPS) is 15.2. The van der Waals surface area contributed by atoms with Crippen LogP contribution >= 0.6 is 0 Å². The van der Waals surface area contributed by atoms with Gasteiger partial charge in [0.05, 0.1) is 6.61 Å². The SMILES string of the molecule is CCCCCCC(C)(CCCC)COF. The molecule has 0 aliphatic heterocycles. The summed E-state index contributed by atoms with van der Waals surface area (Å²) < 4.78 is 12.0. The third-order valence-corrected chi connectivity index (χ3v) is 3.17. The van der Waals surface area contributed by atoms with E-state index in [0.717, 1.165) is 12.8 Å². The second-order valence-corrected chi connectivity index (χ2v) is 4.98. The van der Waals surface area contributed by atoms with Crippen molar-refractivity contribution in [2.75, 3.05) is 6.61 Å². The summed E-state index contributed by atoms with van der Waals surface area (Å²) >= 11 is 0. The molecule has 0 saturated carbocycles. The van der Waals surface area contributed by atoms with E-state index in [1.165, 1.54) is 38.5 Å². The Balaban J connectivity index is 3.78. The molecular weight excluding hydrogens is 191 g/mol.